The molecule has 4 heteroatoms. The average Bonchev–Trinajstić information content (AvgIpc) is 2.61. The van der Waals surface area contributed by atoms with Crippen LogP contribution in [0.15, 0.2) is 35.2 Å². The standard InChI is InChI=1S/C10H10BrN3/c1-2-8-7-10(11)14(13-8)9-3-5-12-6-4-9/h3-7H,2H2,1H3. The van der Waals surface area contributed by atoms with E-state index in [1.807, 2.05) is 22.9 Å². The van der Waals surface area contributed by atoms with Crippen molar-refractivity contribution in [3.63, 3.8) is 0 Å². The van der Waals surface area contributed by atoms with Gasteiger partial charge in [-0.2, -0.15) is 5.10 Å². The summed E-state index contributed by atoms with van der Waals surface area (Å²) in [6.45, 7) is 2.09. The van der Waals surface area contributed by atoms with E-state index in [2.05, 4.69) is 32.9 Å². The first kappa shape index (κ1) is 9.40. The zero-order chi connectivity index (χ0) is 9.97. The third-order valence-electron chi connectivity index (χ3n) is 1.99. The van der Waals surface area contributed by atoms with Crippen molar-refractivity contribution in [3.8, 4) is 5.69 Å². The van der Waals surface area contributed by atoms with Crippen LogP contribution in [-0.4, -0.2) is 14.8 Å². The van der Waals surface area contributed by atoms with E-state index >= 15 is 0 Å². The molecular formula is C10H10BrN3. The van der Waals surface area contributed by atoms with Gasteiger partial charge in [-0.1, -0.05) is 6.92 Å². The molecule has 0 aliphatic carbocycles. The number of hydrogen-bond acceptors (Lipinski definition) is 2. The molecule has 0 unspecified atom stereocenters. The molecule has 0 radical (unpaired) electrons. The largest absolute Gasteiger partial charge is 0.265 e. The van der Waals surface area contributed by atoms with Crippen LogP contribution >= 0.6 is 15.9 Å². The van der Waals surface area contributed by atoms with Crippen molar-refractivity contribution in [2.75, 3.05) is 0 Å². The first-order chi connectivity index (χ1) is 6.81. The number of rotatable bonds is 2. The van der Waals surface area contributed by atoms with E-state index in [9.17, 15) is 0 Å². The summed E-state index contributed by atoms with van der Waals surface area (Å²) in [6.07, 6.45) is 4.46. The Labute approximate surface area is 90.9 Å². The van der Waals surface area contributed by atoms with Crippen LogP contribution < -0.4 is 0 Å². The van der Waals surface area contributed by atoms with Gasteiger partial charge in [0.15, 0.2) is 0 Å². The van der Waals surface area contributed by atoms with Gasteiger partial charge in [0.25, 0.3) is 0 Å². The van der Waals surface area contributed by atoms with Gasteiger partial charge >= 0.3 is 0 Å². The summed E-state index contributed by atoms with van der Waals surface area (Å²) in [4.78, 5) is 3.97. The van der Waals surface area contributed by atoms with E-state index in [1.165, 1.54) is 0 Å². The SMILES string of the molecule is CCc1cc(Br)n(-c2ccncc2)n1. The highest BCUT2D eigenvalue weighted by molar-refractivity contribution is 9.10. The highest BCUT2D eigenvalue weighted by Crippen LogP contribution is 2.17. The summed E-state index contributed by atoms with van der Waals surface area (Å²) in [5.74, 6) is 0. The van der Waals surface area contributed by atoms with Gasteiger partial charge in [0.1, 0.15) is 4.60 Å². The van der Waals surface area contributed by atoms with E-state index in [0.29, 0.717) is 0 Å². The molecule has 0 fully saturated rings. The first-order valence-electron chi connectivity index (χ1n) is 4.46. The predicted octanol–water partition coefficient (Wildman–Crippen LogP) is 2.59. The van der Waals surface area contributed by atoms with Gasteiger partial charge in [-0.25, -0.2) is 4.68 Å². The van der Waals surface area contributed by atoms with Crippen molar-refractivity contribution in [1.82, 2.24) is 14.8 Å². The minimum Gasteiger partial charge on any atom is -0.265 e. The van der Waals surface area contributed by atoms with Gasteiger partial charge in [0.05, 0.1) is 11.4 Å². The molecule has 2 aromatic heterocycles. The lowest BCUT2D eigenvalue weighted by atomic mass is 10.3. The van der Waals surface area contributed by atoms with Crippen LogP contribution in [-0.2, 0) is 6.42 Å². The maximum Gasteiger partial charge on any atom is 0.110 e. The van der Waals surface area contributed by atoms with Crippen LogP contribution in [0.5, 0.6) is 0 Å². The zero-order valence-electron chi connectivity index (χ0n) is 7.81. The number of aromatic nitrogens is 3. The molecule has 0 aliphatic heterocycles. The van der Waals surface area contributed by atoms with Crippen LogP contribution in [0.1, 0.15) is 12.6 Å². The highest BCUT2D eigenvalue weighted by Gasteiger charge is 2.04. The van der Waals surface area contributed by atoms with Crippen LogP contribution in [0, 0.1) is 0 Å². The third kappa shape index (κ3) is 1.70. The Morgan fingerprint density at radius 2 is 2.07 bits per heavy atom. The van der Waals surface area contributed by atoms with Gasteiger partial charge in [-0.15, -0.1) is 0 Å². The number of pyridine rings is 1. The first-order valence-corrected chi connectivity index (χ1v) is 5.25. The molecule has 0 aliphatic rings. The van der Waals surface area contributed by atoms with Gasteiger partial charge in [-0.05, 0) is 40.5 Å². The monoisotopic (exact) mass is 251 g/mol. The smallest absolute Gasteiger partial charge is 0.110 e. The fourth-order valence-electron chi connectivity index (χ4n) is 1.24. The fourth-order valence-corrected chi connectivity index (χ4v) is 1.79. The van der Waals surface area contributed by atoms with Gasteiger partial charge in [-0.3, -0.25) is 4.98 Å². The second-order valence-electron chi connectivity index (χ2n) is 2.93. The van der Waals surface area contributed by atoms with Crippen molar-refractivity contribution >= 4 is 15.9 Å². The molecule has 3 nitrogen and oxygen atoms in total. The lowest BCUT2D eigenvalue weighted by Gasteiger charge is -2.01. The van der Waals surface area contributed by atoms with E-state index in [0.717, 1.165) is 22.4 Å². The van der Waals surface area contributed by atoms with Crippen molar-refractivity contribution in [2.24, 2.45) is 0 Å². The van der Waals surface area contributed by atoms with Crippen molar-refractivity contribution in [3.05, 3.63) is 40.9 Å². The maximum absolute atomic E-state index is 4.44. The summed E-state index contributed by atoms with van der Waals surface area (Å²) in [6, 6.07) is 5.88. The van der Waals surface area contributed by atoms with Crippen LogP contribution in [0.4, 0.5) is 0 Å². The predicted molar refractivity (Wildman–Crippen MR) is 58.4 cm³/mol. The van der Waals surface area contributed by atoms with E-state index in [-0.39, 0.29) is 0 Å². The van der Waals surface area contributed by atoms with Crippen molar-refractivity contribution < 1.29 is 0 Å². The van der Waals surface area contributed by atoms with E-state index in [4.69, 9.17) is 0 Å². The lowest BCUT2D eigenvalue weighted by Crippen LogP contribution is -1.97. The molecule has 0 amide bonds. The van der Waals surface area contributed by atoms with Crippen molar-refractivity contribution in [1.29, 1.82) is 0 Å². The summed E-state index contributed by atoms with van der Waals surface area (Å²) < 4.78 is 2.83. The van der Waals surface area contributed by atoms with E-state index in [1.54, 1.807) is 12.4 Å². The Morgan fingerprint density at radius 1 is 1.36 bits per heavy atom. The summed E-state index contributed by atoms with van der Waals surface area (Å²) >= 11 is 3.47. The number of nitrogens with zero attached hydrogens (tertiary/aromatic N) is 3. The Morgan fingerprint density at radius 3 is 2.64 bits per heavy atom. The normalized spacial score (nSPS) is 10.4. The topological polar surface area (TPSA) is 30.7 Å². The second kappa shape index (κ2) is 3.92. The Balaban J connectivity index is 2.46. The molecule has 0 aromatic carbocycles. The number of halogens is 1. The number of hydrogen-bond donors (Lipinski definition) is 0. The molecule has 0 bridgehead atoms. The molecule has 2 aromatic rings. The quantitative estimate of drug-likeness (QED) is 0.822. The molecule has 2 rings (SSSR count). The van der Waals surface area contributed by atoms with Gasteiger partial charge < -0.3 is 0 Å². The number of aryl methyl sites for hydroxylation is 1. The zero-order valence-corrected chi connectivity index (χ0v) is 9.40. The third-order valence-corrected chi connectivity index (χ3v) is 2.55. The fraction of sp³-hybridized carbons (Fsp3) is 0.200. The second-order valence-corrected chi connectivity index (χ2v) is 3.74. The molecule has 0 spiro atoms. The molecule has 2 heterocycles. The minimum absolute atomic E-state index is 0.941. The maximum atomic E-state index is 4.44. The van der Waals surface area contributed by atoms with Crippen molar-refractivity contribution in [2.45, 2.75) is 13.3 Å². The molecule has 0 N–H and O–H groups in total. The summed E-state index contributed by atoms with van der Waals surface area (Å²) in [7, 11) is 0. The molecule has 0 saturated heterocycles. The van der Waals surface area contributed by atoms with Crippen LogP contribution in [0.2, 0.25) is 0 Å². The van der Waals surface area contributed by atoms with E-state index < -0.39 is 0 Å². The Kier molecular flexibility index (Phi) is 2.63. The van der Waals surface area contributed by atoms with Crippen LogP contribution in [0.3, 0.4) is 0 Å². The minimum atomic E-state index is 0.941. The Bertz CT molecular complexity index is 422. The van der Waals surface area contributed by atoms with Gasteiger partial charge in [0, 0.05) is 12.4 Å². The van der Waals surface area contributed by atoms with Crippen LogP contribution in [0.25, 0.3) is 5.69 Å². The molecule has 72 valence electrons. The van der Waals surface area contributed by atoms with Gasteiger partial charge in [0.2, 0.25) is 0 Å². The highest BCUT2D eigenvalue weighted by atomic mass is 79.9. The molecule has 0 saturated carbocycles. The lowest BCUT2D eigenvalue weighted by molar-refractivity contribution is 0.826. The molecule has 14 heavy (non-hydrogen) atoms. The summed E-state index contributed by atoms with van der Waals surface area (Å²) in [5.41, 5.74) is 2.10. The Hall–Kier alpha value is -1.16. The summed E-state index contributed by atoms with van der Waals surface area (Å²) in [5, 5.41) is 4.44. The molecule has 0 atom stereocenters. The average molecular weight is 252 g/mol. The molecular weight excluding hydrogens is 242 g/mol.